The second kappa shape index (κ2) is 6.28. The molecule has 3 rings (SSSR count). The first kappa shape index (κ1) is 14.1. The van der Waals surface area contributed by atoms with Gasteiger partial charge in [-0.15, -0.1) is 11.3 Å². The Bertz CT molecular complexity index is 566. The van der Waals surface area contributed by atoms with E-state index in [9.17, 15) is 0 Å². The lowest BCUT2D eigenvalue weighted by atomic mass is 10.0. The van der Waals surface area contributed by atoms with Gasteiger partial charge in [-0.3, -0.25) is 0 Å². The highest BCUT2D eigenvalue weighted by Gasteiger charge is 2.16. The van der Waals surface area contributed by atoms with Gasteiger partial charge in [0.25, 0.3) is 0 Å². The van der Waals surface area contributed by atoms with Crippen LogP contribution in [0.4, 0.5) is 0 Å². The first-order valence-corrected chi connectivity index (χ1v) is 8.79. The number of thiophene rings is 1. The second-order valence-electron chi connectivity index (χ2n) is 6.20. The number of benzene rings is 1. The van der Waals surface area contributed by atoms with Crippen LogP contribution in [0.5, 0.6) is 0 Å². The molecule has 0 saturated heterocycles. The zero-order valence-electron chi connectivity index (χ0n) is 12.6. The molecule has 1 N–H and O–H groups in total. The molecule has 1 unspecified atom stereocenters. The molecule has 0 spiro atoms. The lowest BCUT2D eigenvalue weighted by Crippen LogP contribution is -2.21. The first-order chi connectivity index (χ1) is 9.75. The van der Waals surface area contributed by atoms with E-state index in [1.807, 2.05) is 11.3 Å². The fraction of sp³-hybridized carbons (Fsp3) is 0.556. The largest absolute Gasteiger partial charge is 0.309 e. The summed E-state index contributed by atoms with van der Waals surface area (Å²) in [4.78, 5) is 1.51. The van der Waals surface area contributed by atoms with Crippen LogP contribution in [0.2, 0.25) is 0 Å². The summed E-state index contributed by atoms with van der Waals surface area (Å²) in [5.74, 6) is 0.984. The van der Waals surface area contributed by atoms with Crippen LogP contribution in [0, 0.1) is 12.8 Å². The highest BCUT2D eigenvalue weighted by molar-refractivity contribution is 7.19. The maximum atomic E-state index is 3.74. The molecular weight excluding hydrogens is 262 g/mol. The Morgan fingerprint density at radius 2 is 2.00 bits per heavy atom. The van der Waals surface area contributed by atoms with Gasteiger partial charge in [0.2, 0.25) is 0 Å². The van der Waals surface area contributed by atoms with E-state index in [1.165, 1.54) is 59.2 Å². The van der Waals surface area contributed by atoms with Crippen molar-refractivity contribution in [3.63, 3.8) is 0 Å². The van der Waals surface area contributed by atoms with Crippen LogP contribution >= 0.6 is 11.3 Å². The average Bonchev–Trinajstić information content (AvgIpc) is 3.08. The lowest BCUT2D eigenvalue weighted by Gasteiger charge is -2.15. The summed E-state index contributed by atoms with van der Waals surface area (Å²) in [6.45, 7) is 5.75. The van der Waals surface area contributed by atoms with Crippen molar-refractivity contribution in [2.45, 2.75) is 52.0 Å². The van der Waals surface area contributed by atoms with E-state index in [1.54, 1.807) is 0 Å². The molecule has 2 heteroatoms. The van der Waals surface area contributed by atoms with E-state index in [4.69, 9.17) is 0 Å². The van der Waals surface area contributed by atoms with E-state index >= 15 is 0 Å². The SMILES string of the molecule is Cc1c(C(C)NCCC2CCCC2)sc2ccccc12. The van der Waals surface area contributed by atoms with Gasteiger partial charge in [0.05, 0.1) is 0 Å². The third-order valence-corrected chi connectivity index (χ3v) is 6.21. The summed E-state index contributed by atoms with van der Waals surface area (Å²) in [5, 5.41) is 5.17. The quantitative estimate of drug-likeness (QED) is 0.772. The van der Waals surface area contributed by atoms with Crippen LogP contribution in [-0.2, 0) is 0 Å². The van der Waals surface area contributed by atoms with Crippen molar-refractivity contribution in [3.05, 3.63) is 34.7 Å². The van der Waals surface area contributed by atoms with Crippen molar-refractivity contribution < 1.29 is 0 Å². The smallest absolute Gasteiger partial charge is 0.0389 e. The summed E-state index contributed by atoms with van der Waals surface area (Å²) < 4.78 is 1.42. The van der Waals surface area contributed by atoms with Crippen molar-refractivity contribution in [2.75, 3.05) is 6.54 Å². The molecule has 1 aromatic heterocycles. The molecule has 1 nitrogen and oxygen atoms in total. The van der Waals surface area contributed by atoms with Gasteiger partial charge in [0, 0.05) is 15.6 Å². The van der Waals surface area contributed by atoms with Gasteiger partial charge in [0.1, 0.15) is 0 Å². The average molecular weight is 287 g/mol. The van der Waals surface area contributed by atoms with Gasteiger partial charge in [-0.1, -0.05) is 43.9 Å². The highest BCUT2D eigenvalue weighted by Crippen LogP contribution is 2.34. The Hall–Kier alpha value is -0.860. The Morgan fingerprint density at radius 1 is 1.25 bits per heavy atom. The number of nitrogens with one attached hydrogen (secondary N) is 1. The number of rotatable bonds is 5. The van der Waals surface area contributed by atoms with Gasteiger partial charge in [-0.2, -0.15) is 0 Å². The molecular formula is C18H25NS. The summed E-state index contributed by atoms with van der Waals surface area (Å²) >= 11 is 1.95. The molecule has 108 valence electrons. The molecule has 20 heavy (non-hydrogen) atoms. The fourth-order valence-corrected chi connectivity index (χ4v) is 4.74. The molecule has 1 fully saturated rings. The number of aryl methyl sites for hydroxylation is 1. The minimum absolute atomic E-state index is 0.480. The summed E-state index contributed by atoms with van der Waals surface area (Å²) in [6, 6.07) is 9.25. The van der Waals surface area contributed by atoms with Crippen LogP contribution in [-0.4, -0.2) is 6.54 Å². The van der Waals surface area contributed by atoms with Crippen LogP contribution in [0.1, 0.15) is 55.5 Å². The standard InChI is InChI=1S/C18H25NS/c1-13-16-9-5-6-10-17(16)20-18(13)14(2)19-12-11-15-7-3-4-8-15/h5-6,9-10,14-15,19H,3-4,7-8,11-12H2,1-2H3. The Labute approximate surface area is 126 Å². The van der Waals surface area contributed by atoms with Gasteiger partial charge in [-0.05, 0) is 49.7 Å². The number of hydrogen-bond donors (Lipinski definition) is 1. The van der Waals surface area contributed by atoms with E-state index in [0.29, 0.717) is 6.04 Å². The van der Waals surface area contributed by atoms with Gasteiger partial charge < -0.3 is 5.32 Å². The Balaban J connectivity index is 1.62. The highest BCUT2D eigenvalue weighted by atomic mass is 32.1. The van der Waals surface area contributed by atoms with Crippen molar-refractivity contribution in [2.24, 2.45) is 5.92 Å². The zero-order chi connectivity index (χ0) is 13.9. The molecule has 1 aromatic carbocycles. The van der Waals surface area contributed by atoms with Crippen molar-refractivity contribution in [1.29, 1.82) is 0 Å². The van der Waals surface area contributed by atoms with Crippen LogP contribution in [0.15, 0.2) is 24.3 Å². The van der Waals surface area contributed by atoms with E-state index in [-0.39, 0.29) is 0 Å². The summed E-state index contributed by atoms with van der Waals surface area (Å²) in [5.41, 5.74) is 1.46. The van der Waals surface area contributed by atoms with Crippen molar-refractivity contribution in [3.8, 4) is 0 Å². The minimum Gasteiger partial charge on any atom is -0.309 e. The molecule has 1 heterocycles. The topological polar surface area (TPSA) is 12.0 Å². The van der Waals surface area contributed by atoms with E-state index in [0.717, 1.165) is 5.92 Å². The number of fused-ring (bicyclic) bond motifs is 1. The molecule has 0 amide bonds. The monoisotopic (exact) mass is 287 g/mol. The normalized spacial score (nSPS) is 17.9. The van der Waals surface area contributed by atoms with E-state index < -0.39 is 0 Å². The Morgan fingerprint density at radius 3 is 2.75 bits per heavy atom. The third-order valence-electron chi connectivity index (χ3n) is 4.75. The fourth-order valence-electron chi connectivity index (χ4n) is 3.50. The Kier molecular flexibility index (Phi) is 4.42. The predicted octanol–water partition coefficient (Wildman–Crippen LogP) is 5.44. The van der Waals surface area contributed by atoms with Gasteiger partial charge in [-0.25, -0.2) is 0 Å². The molecule has 0 radical (unpaired) electrons. The van der Waals surface area contributed by atoms with Gasteiger partial charge >= 0.3 is 0 Å². The summed E-state index contributed by atoms with van der Waals surface area (Å²) in [6.07, 6.45) is 7.18. The molecule has 1 saturated carbocycles. The van der Waals surface area contributed by atoms with Crippen molar-refractivity contribution >= 4 is 21.4 Å². The van der Waals surface area contributed by atoms with Crippen LogP contribution in [0.3, 0.4) is 0 Å². The minimum atomic E-state index is 0.480. The lowest BCUT2D eigenvalue weighted by molar-refractivity contribution is 0.456. The molecule has 0 bridgehead atoms. The molecule has 1 aliphatic rings. The summed E-state index contributed by atoms with van der Waals surface area (Å²) in [7, 11) is 0. The third kappa shape index (κ3) is 2.91. The van der Waals surface area contributed by atoms with Crippen LogP contribution in [0.25, 0.3) is 10.1 Å². The van der Waals surface area contributed by atoms with Crippen molar-refractivity contribution in [1.82, 2.24) is 5.32 Å². The molecule has 1 aliphatic carbocycles. The maximum Gasteiger partial charge on any atom is 0.0389 e. The second-order valence-corrected chi connectivity index (χ2v) is 7.29. The number of hydrogen-bond acceptors (Lipinski definition) is 2. The zero-order valence-corrected chi connectivity index (χ0v) is 13.4. The molecule has 0 aliphatic heterocycles. The maximum absolute atomic E-state index is 3.74. The van der Waals surface area contributed by atoms with E-state index in [2.05, 4.69) is 43.4 Å². The molecule has 2 aromatic rings. The predicted molar refractivity (Wildman–Crippen MR) is 89.6 cm³/mol. The molecule has 1 atom stereocenters. The van der Waals surface area contributed by atoms with Crippen LogP contribution < -0.4 is 5.32 Å². The first-order valence-electron chi connectivity index (χ1n) is 7.97. The van der Waals surface area contributed by atoms with Gasteiger partial charge in [0.15, 0.2) is 0 Å².